The first kappa shape index (κ1) is 15.0. The van der Waals surface area contributed by atoms with Crippen molar-refractivity contribution in [3.05, 3.63) is 29.6 Å². The molecule has 1 aliphatic heterocycles. The number of amides is 1. The van der Waals surface area contributed by atoms with Gasteiger partial charge in [-0.2, -0.15) is 0 Å². The van der Waals surface area contributed by atoms with Gasteiger partial charge in [-0.15, -0.1) is 0 Å². The molecule has 5 heteroatoms. The predicted octanol–water partition coefficient (Wildman–Crippen LogP) is 2.11. The Bertz CT molecular complexity index is 707. The molecule has 2 aromatic rings. The number of hydrogen-bond acceptors (Lipinski definition) is 3. The number of piperidine rings is 1. The van der Waals surface area contributed by atoms with Crippen LogP contribution in [0.5, 0.6) is 0 Å². The summed E-state index contributed by atoms with van der Waals surface area (Å²) in [4.78, 5) is 19.2. The minimum atomic E-state index is 0.0378. The molecule has 22 heavy (non-hydrogen) atoms. The average Bonchev–Trinajstić information content (AvgIpc) is 2.81. The molecule has 2 heterocycles. The van der Waals surface area contributed by atoms with E-state index in [1.54, 1.807) is 0 Å². The van der Waals surface area contributed by atoms with Gasteiger partial charge in [0.05, 0.1) is 11.0 Å². The van der Waals surface area contributed by atoms with Crippen molar-refractivity contribution in [1.82, 2.24) is 14.5 Å². The Morgan fingerprint density at radius 3 is 2.91 bits per heavy atom. The first-order valence-corrected chi connectivity index (χ1v) is 7.86. The minimum Gasteiger partial charge on any atom is -0.396 e. The lowest BCUT2D eigenvalue weighted by Gasteiger charge is -2.37. The van der Waals surface area contributed by atoms with Crippen LogP contribution in [-0.2, 0) is 7.05 Å². The Kier molecular flexibility index (Phi) is 3.91. The van der Waals surface area contributed by atoms with E-state index in [1.165, 1.54) is 0 Å². The molecule has 5 nitrogen and oxygen atoms in total. The van der Waals surface area contributed by atoms with E-state index in [0.29, 0.717) is 12.1 Å². The molecule has 0 spiro atoms. The first-order valence-electron chi connectivity index (χ1n) is 7.86. The van der Waals surface area contributed by atoms with Gasteiger partial charge in [-0.3, -0.25) is 4.79 Å². The summed E-state index contributed by atoms with van der Waals surface area (Å²) in [5, 5.41) is 9.37. The number of aliphatic hydroxyl groups is 1. The van der Waals surface area contributed by atoms with E-state index in [0.717, 1.165) is 29.7 Å². The molecule has 2 atom stereocenters. The summed E-state index contributed by atoms with van der Waals surface area (Å²) < 4.78 is 2.02. The molecule has 2 unspecified atom stereocenters. The summed E-state index contributed by atoms with van der Waals surface area (Å²) in [6, 6.07) is 5.93. The van der Waals surface area contributed by atoms with Crippen molar-refractivity contribution < 1.29 is 9.90 Å². The van der Waals surface area contributed by atoms with E-state index in [-0.39, 0.29) is 24.5 Å². The number of benzene rings is 1. The van der Waals surface area contributed by atoms with Gasteiger partial charge in [0.1, 0.15) is 5.82 Å². The average molecular weight is 301 g/mol. The molecule has 3 rings (SSSR count). The summed E-state index contributed by atoms with van der Waals surface area (Å²) in [6.07, 6.45) is 1.93. The fraction of sp³-hybridized carbons (Fsp3) is 0.529. The van der Waals surface area contributed by atoms with Gasteiger partial charge in [-0.05, 0) is 50.8 Å². The highest BCUT2D eigenvalue weighted by Gasteiger charge is 2.29. The fourth-order valence-corrected chi connectivity index (χ4v) is 3.23. The molecule has 0 bridgehead atoms. The number of aliphatic hydroxyl groups excluding tert-OH is 1. The van der Waals surface area contributed by atoms with Crippen molar-refractivity contribution in [2.45, 2.75) is 32.7 Å². The molecule has 1 aromatic carbocycles. The molecule has 0 aliphatic carbocycles. The zero-order valence-electron chi connectivity index (χ0n) is 13.4. The lowest BCUT2D eigenvalue weighted by Crippen LogP contribution is -2.46. The summed E-state index contributed by atoms with van der Waals surface area (Å²) in [7, 11) is 1.98. The Morgan fingerprint density at radius 2 is 2.18 bits per heavy atom. The Hall–Kier alpha value is -1.88. The molecule has 0 radical (unpaired) electrons. The lowest BCUT2D eigenvalue weighted by molar-refractivity contribution is 0.0489. The number of likely N-dealkylation sites (tertiary alicyclic amines) is 1. The predicted molar refractivity (Wildman–Crippen MR) is 85.8 cm³/mol. The number of aromatic nitrogens is 2. The molecule has 1 amide bonds. The molecule has 1 aromatic heterocycles. The number of fused-ring (bicyclic) bond motifs is 1. The number of rotatable bonds is 2. The van der Waals surface area contributed by atoms with Gasteiger partial charge >= 0.3 is 0 Å². The second-order valence-corrected chi connectivity index (χ2v) is 6.35. The van der Waals surface area contributed by atoms with E-state index in [1.807, 2.05) is 41.6 Å². The van der Waals surface area contributed by atoms with Crippen LogP contribution in [0.1, 0.15) is 35.9 Å². The first-order chi connectivity index (χ1) is 10.5. The van der Waals surface area contributed by atoms with E-state index in [4.69, 9.17) is 0 Å². The third-order valence-corrected chi connectivity index (χ3v) is 4.85. The van der Waals surface area contributed by atoms with Crippen molar-refractivity contribution in [3.8, 4) is 0 Å². The van der Waals surface area contributed by atoms with Crippen molar-refractivity contribution in [1.29, 1.82) is 0 Å². The van der Waals surface area contributed by atoms with Crippen LogP contribution in [0.4, 0.5) is 0 Å². The quantitative estimate of drug-likeness (QED) is 0.924. The van der Waals surface area contributed by atoms with Crippen LogP contribution >= 0.6 is 0 Å². The van der Waals surface area contributed by atoms with Gasteiger partial charge in [-0.25, -0.2) is 4.98 Å². The van der Waals surface area contributed by atoms with Crippen LogP contribution in [0.15, 0.2) is 18.2 Å². The van der Waals surface area contributed by atoms with Crippen LogP contribution < -0.4 is 0 Å². The van der Waals surface area contributed by atoms with Gasteiger partial charge in [0.15, 0.2) is 0 Å². The summed E-state index contributed by atoms with van der Waals surface area (Å²) in [5.74, 6) is 1.17. The molecule has 1 saturated heterocycles. The molecular formula is C17H23N3O2. The van der Waals surface area contributed by atoms with Crippen LogP contribution in [0, 0.1) is 12.8 Å². The third kappa shape index (κ3) is 2.50. The zero-order chi connectivity index (χ0) is 15.9. The fourth-order valence-electron chi connectivity index (χ4n) is 3.23. The number of carbonyl (C=O) groups is 1. The van der Waals surface area contributed by atoms with Crippen LogP contribution in [0.25, 0.3) is 11.0 Å². The largest absolute Gasteiger partial charge is 0.396 e. The molecule has 118 valence electrons. The Labute approximate surface area is 130 Å². The standard InChI is InChI=1S/C17H23N3O2/c1-11-4-5-13(10-21)9-20(11)17(22)14-6-7-16-15(8-14)18-12(2)19(16)3/h6-8,11,13,21H,4-5,9-10H2,1-3H3. The van der Waals surface area contributed by atoms with Crippen molar-refractivity contribution in [2.75, 3.05) is 13.2 Å². The molecular weight excluding hydrogens is 278 g/mol. The van der Waals surface area contributed by atoms with Gasteiger partial charge in [0.25, 0.3) is 5.91 Å². The van der Waals surface area contributed by atoms with Crippen molar-refractivity contribution >= 4 is 16.9 Å². The van der Waals surface area contributed by atoms with Gasteiger partial charge in [0, 0.05) is 31.8 Å². The molecule has 1 N–H and O–H groups in total. The minimum absolute atomic E-state index is 0.0378. The molecule has 0 saturated carbocycles. The normalized spacial score (nSPS) is 22.3. The second kappa shape index (κ2) is 5.72. The number of aryl methyl sites for hydroxylation is 2. The van der Waals surface area contributed by atoms with Crippen LogP contribution in [0.3, 0.4) is 0 Å². The summed E-state index contributed by atoms with van der Waals surface area (Å²) >= 11 is 0. The van der Waals surface area contributed by atoms with Crippen molar-refractivity contribution in [2.24, 2.45) is 13.0 Å². The lowest BCUT2D eigenvalue weighted by atomic mass is 9.93. The number of imidazole rings is 1. The molecule has 1 aliphatic rings. The van der Waals surface area contributed by atoms with Crippen LogP contribution in [-0.4, -0.2) is 44.7 Å². The number of carbonyl (C=O) groups excluding carboxylic acids is 1. The van der Waals surface area contributed by atoms with Gasteiger partial charge < -0.3 is 14.6 Å². The summed E-state index contributed by atoms with van der Waals surface area (Å²) in [6.45, 7) is 4.82. The highest BCUT2D eigenvalue weighted by Crippen LogP contribution is 2.24. The summed E-state index contributed by atoms with van der Waals surface area (Å²) in [5.41, 5.74) is 2.57. The smallest absolute Gasteiger partial charge is 0.254 e. The Balaban J connectivity index is 1.90. The number of hydrogen-bond donors (Lipinski definition) is 1. The maximum Gasteiger partial charge on any atom is 0.254 e. The zero-order valence-corrected chi connectivity index (χ0v) is 13.4. The maximum atomic E-state index is 12.8. The van der Waals surface area contributed by atoms with E-state index < -0.39 is 0 Å². The van der Waals surface area contributed by atoms with E-state index in [2.05, 4.69) is 11.9 Å². The maximum absolute atomic E-state index is 12.8. The van der Waals surface area contributed by atoms with E-state index >= 15 is 0 Å². The third-order valence-electron chi connectivity index (χ3n) is 4.85. The van der Waals surface area contributed by atoms with Gasteiger partial charge in [-0.1, -0.05) is 0 Å². The highest BCUT2D eigenvalue weighted by atomic mass is 16.3. The van der Waals surface area contributed by atoms with Gasteiger partial charge in [0.2, 0.25) is 0 Å². The topological polar surface area (TPSA) is 58.4 Å². The SMILES string of the molecule is Cc1nc2cc(C(=O)N3CC(CO)CCC3C)ccc2n1C. The Morgan fingerprint density at radius 1 is 1.41 bits per heavy atom. The van der Waals surface area contributed by atoms with Crippen LogP contribution in [0.2, 0.25) is 0 Å². The van der Waals surface area contributed by atoms with E-state index in [9.17, 15) is 9.90 Å². The monoisotopic (exact) mass is 301 g/mol. The number of nitrogens with zero attached hydrogens (tertiary/aromatic N) is 3. The molecule has 1 fully saturated rings. The van der Waals surface area contributed by atoms with Crippen molar-refractivity contribution in [3.63, 3.8) is 0 Å². The highest BCUT2D eigenvalue weighted by molar-refractivity contribution is 5.97. The second-order valence-electron chi connectivity index (χ2n) is 6.35.